The fraction of sp³-hybridized carbons (Fsp3) is 0.114. The lowest BCUT2D eigenvalue weighted by Gasteiger charge is -2.46. The van der Waals surface area contributed by atoms with Gasteiger partial charge in [0.15, 0.2) is 0 Å². The maximum absolute atomic E-state index is 14.5. The first-order valence-corrected chi connectivity index (χ1v) is 15.8. The van der Waals surface area contributed by atoms with Crippen LogP contribution < -0.4 is 14.5 Å². The SMILES string of the molecule is Cc1ccc(NS(=O)(=O)c2ccc3c(c2)C(=O)N(c2ccc(C)cc2)[C@H](c2cccc([N+](=O)[O-])c2)N3Cc2ccccc2)cc1. The van der Waals surface area contributed by atoms with E-state index in [1.807, 2.05) is 85.5 Å². The third kappa shape index (κ3) is 6.00. The van der Waals surface area contributed by atoms with Gasteiger partial charge in [-0.2, -0.15) is 0 Å². The Morgan fingerprint density at radius 2 is 1.47 bits per heavy atom. The highest BCUT2D eigenvalue weighted by Crippen LogP contribution is 2.43. The van der Waals surface area contributed by atoms with Crippen LogP contribution in [-0.2, 0) is 16.6 Å². The van der Waals surface area contributed by atoms with Crippen molar-refractivity contribution in [3.05, 3.63) is 159 Å². The van der Waals surface area contributed by atoms with E-state index in [1.165, 1.54) is 24.3 Å². The molecule has 5 aromatic carbocycles. The van der Waals surface area contributed by atoms with Crippen molar-refractivity contribution in [2.75, 3.05) is 14.5 Å². The first-order chi connectivity index (χ1) is 21.6. The van der Waals surface area contributed by atoms with Gasteiger partial charge in [0, 0.05) is 35.6 Å². The number of benzene rings is 5. The molecular weight excluding hydrogens is 588 g/mol. The predicted molar refractivity (Wildman–Crippen MR) is 175 cm³/mol. The number of rotatable bonds is 8. The highest BCUT2D eigenvalue weighted by atomic mass is 32.2. The molecule has 1 heterocycles. The predicted octanol–water partition coefficient (Wildman–Crippen LogP) is 7.38. The molecule has 1 aliphatic rings. The maximum Gasteiger partial charge on any atom is 0.269 e. The van der Waals surface area contributed by atoms with Crippen molar-refractivity contribution in [1.29, 1.82) is 0 Å². The van der Waals surface area contributed by atoms with Crippen molar-refractivity contribution >= 4 is 38.7 Å². The van der Waals surface area contributed by atoms with Gasteiger partial charge >= 0.3 is 0 Å². The van der Waals surface area contributed by atoms with E-state index in [4.69, 9.17) is 0 Å². The Labute approximate surface area is 261 Å². The zero-order valence-corrected chi connectivity index (χ0v) is 25.4. The second-order valence-electron chi connectivity index (χ2n) is 11.0. The highest BCUT2D eigenvalue weighted by molar-refractivity contribution is 7.92. The van der Waals surface area contributed by atoms with Crippen molar-refractivity contribution in [3.8, 4) is 0 Å². The number of nitrogens with one attached hydrogen (secondary N) is 1. The first-order valence-electron chi connectivity index (χ1n) is 14.3. The van der Waals surface area contributed by atoms with Gasteiger partial charge in [-0.1, -0.05) is 77.9 Å². The molecule has 9 nitrogen and oxygen atoms in total. The van der Waals surface area contributed by atoms with E-state index >= 15 is 0 Å². The summed E-state index contributed by atoms with van der Waals surface area (Å²) in [5, 5.41) is 11.8. The Bertz CT molecular complexity index is 2000. The maximum atomic E-state index is 14.5. The number of carbonyl (C=O) groups is 1. The van der Waals surface area contributed by atoms with Crippen LogP contribution in [0.2, 0.25) is 0 Å². The van der Waals surface area contributed by atoms with Crippen LogP contribution in [-0.4, -0.2) is 19.2 Å². The summed E-state index contributed by atoms with van der Waals surface area (Å²) < 4.78 is 29.6. The van der Waals surface area contributed by atoms with Gasteiger partial charge < -0.3 is 4.90 Å². The fourth-order valence-corrected chi connectivity index (χ4v) is 6.58. The van der Waals surface area contributed by atoms with Gasteiger partial charge in [0.2, 0.25) is 0 Å². The van der Waals surface area contributed by atoms with Crippen LogP contribution in [0.5, 0.6) is 0 Å². The van der Waals surface area contributed by atoms with Gasteiger partial charge in [-0.15, -0.1) is 0 Å². The largest absolute Gasteiger partial charge is 0.342 e. The lowest BCUT2D eigenvalue weighted by Crippen LogP contribution is -2.49. The summed E-state index contributed by atoms with van der Waals surface area (Å²) in [7, 11) is -4.04. The Morgan fingerprint density at radius 3 is 2.13 bits per heavy atom. The number of fused-ring (bicyclic) bond motifs is 1. The molecule has 0 radical (unpaired) electrons. The van der Waals surface area contributed by atoms with Gasteiger partial charge in [0.05, 0.1) is 21.1 Å². The minimum atomic E-state index is -4.04. The molecule has 0 aliphatic carbocycles. The molecule has 0 bridgehead atoms. The first kappa shape index (κ1) is 29.6. The molecule has 1 atom stereocenters. The van der Waals surface area contributed by atoms with Crippen molar-refractivity contribution < 1.29 is 18.1 Å². The summed E-state index contributed by atoms with van der Waals surface area (Å²) in [6, 6.07) is 34.8. The normalized spacial score (nSPS) is 14.6. The number of hydrogen-bond donors (Lipinski definition) is 1. The van der Waals surface area contributed by atoms with E-state index in [1.54, 1.807) is 35.2 Å². The molecule has 0 fully saturated rings. The Balaban J connectivity index is 1.54. The average Bonchev–Trinajstić information content (AvgIpc) is 3.04. The molecule has 0 unspecified atom stereocenters. The summed E-state index contributed by atoms with van der Waals surface area (Å²) in [5.74, 6) is -0.429. The molecule has 45 heavy (non-hydrogen) atoms. The molecule has 10 heteroatoms. The van der Waals surface area contributed by atoms with Crippen LogP contribution in [0.1, 0.15) is 38.8 Å². The number of carbonyl (C=O) groups excluding carboxylic acids is 1. The molecule has 0 saturated heterocycles. The van der Waals surface area contributed by atoms with E-state index in [2.05, 4.69) is 4.72 Å². The Hall–Kier alpha value is -5.48. The number of amides is 1. The molecule has 5 aromatic rings. The summed E-state index contributed by atoms with van der Waals surface area (Å²) in [5.41, 5.74) is 5.04. The van der Waals surface area contributed by atoms with E-state index in [0.29, 0.717) is 29.2 Å². The molecule has 0 aromatic heterocycles. The van der Waals surface area contributed by atoms with Crippen LogP contribution in [0.25, 0.3) is 0 Å². The summed E-state index contributed by atoms with van der Waals surface area (Å²) in [6.45, 7) is 4.19. The minimum absolute atomic E-state index is 0.0625. The molecule has 0 spiro atoms. The van der Waals surface area contributed by atoms with Crippen molar-refractivity contribution in [2.24, 2.45) is 0 Å². The average molecular weight is 619 g/mol. The Kier molecular flexibility index (Phi) is 7.82. The third-order valence-corrected chi connectivity index (χ3v) is 9.15. The van der Waals surface area contributed by atoms with Crippen LogP contribution >= 0.6 is 0 Å². The smallest absolute Gasteiger partial charge is 0.269 e. The second-order valence-corrected chi connectivity index (χ2v) is 12.7. The monoisotopic (exact) mass is 618 g/mol. The van der Waals surface area contributed by atoms with Crippen molar-refractivity contribution in [1.82, 2.24) is 0 Å². The van der Waals surface area contributed by atoms with Crippen molar-refractivity contribution in [3.63, 3.8) is 0 Å². The zero-order chi connectivity index (χ0) is 31.7. The van der Waals surface area contributed by atoms with E-state index in [9.17, 15) is 23.3 Å². The number of non-ortho nitro benzene ring substituents is 1. The van der Waals surface area contributed by atoms with Gasteiger partial charge in [-0.3, -0.25) is 24.5 Å². The van der Waals surface area contributed by atoms with E-state index < -0.39 is 27.0 Å². The van der Waals surface area contributed by atoms with Crippen LogP contribution in [0.15, 0.2) is 126 Å². The molecule has 6 rings (SSSR count). The lowest BCUT2D eigenvalue weighted by atomic mass is 9.98. The van der Waals surface area contributed by atoms with Crippen LogP contribution in [0.4, 0.5) is 22.7 Å². The molecule has 226 valence electrons. The van der Waals surface area contributed by atoms with Crippen LogP contribution in [0.3, 0.4) is 0 Å². The summed E-state index contributed by atoms with van der Waals surface area (Å²) in [6.07, 6.45) is -0.777. The number of hydrogen-bond acceptors (Lipinski definition) is 6. The number of nitro benzene ring substituents is 1. The van der Waals surface area contributed by atoms with Gasteiger partial charge in [-0.25, -0.2) is 8.42 Å². The number of aryl methyl sites for hydroxylation is 2. The molecule has 1 aliphatic heterocycles. The second kappa shape index (κ2) is 11.9. The van der Waals surface area contributed by atoms with Gasteiger partial charge in [-0.05, 0) is 61.9 Å². The van der Waals surface area contributed by atoms with E-state index in [-0.39, 0.29) is 16.1 Å². The molecule has 1 amide bonds. The number of nitro groups is 1. The van der Waals surface area contributed by atoms with Gasteiger partial charge in [0.25, 0.3) is 21.6 Å². The van der Waals surface area contributed by atoms with Crippen molar-refractivity contribution in [2.45, 2.75) is 31.5 Å². The van der Waals surface area contributed by atoms with E-state index in [0.717, 1.165) is 16.7 Å². The lowest BCUT2D eigenvalue weighted by molar-refractivity contribution is -0.384. The molecule has 1 N–H and O–H groups in total. The quantitative estimate of drug-likeness (QED) is 0.143. The third-order valence-electron chi connectivity index (χ3n) is 7.77. The van der Waals surface area contributed by atoms with Gasteiger partial charge in [0.1, 0.15) is 6.17 Å². The minimum Gasteiger partial charge on any atom is -0.342 e. The Morgan fingerprint density at radius 1 is 0.800 bits per heavy atom. The summed E-state index contributed by atoms with van der Waals surface area (Å²) >= 11 is 0. The number of sulfonamides is 1. The molecular formula is C35H30N4O5S. The fourth-order valence-electron chi connectivity index (χ4n) is 5.50. The summed E-state index contributed by atoms with van der Waals surface area (Å²) in [4.78, 5) is 29.4. The molecule has 0 saturated carbocycles. The zero-order valence-electron chi connectivity index (χ0n) is 24.6. The standard InChI is InChI=1S/C35H30N4O5S/c1-24-11-15-28(16-12-24)36-45(43,44)31-19-20-33-32(22-31)35(40)38(29-17-13-25(2)14-18-29)34(27-9-6-10-30(21-27)39(41)42)37(33)23-26-7-4-3-5-8-26/h3-22,34,36H,23H2,1-2H3/t34-/m1/s1. The number of nitrogens with zero attached hydrogens (tertiary/aromatic N) is 3. The topological polar surface area (TPSA) is 113 Å². The number of anilines is 3. The van der Waals surface area contributed by atoms with Crippen LogP contribution in [0, 0.1) is 24.0 Å². The highest BCUT2D eigenvalue weighted by Gasteiger charge is 2.40.